The van der Waals surface area contributed by atoms with Crippen LogP contribution in [-0.2, 0) is 4.74 Å². The van der Waals surface area contributed by atoms with Crippen molar-refractivity contribution >= 4 is 29.2 Å². The third-order valence-corrected chi connectivity index (χ3v) is 5.58. The lowest BCUT2D eigenvalue weighted by molar-refractivity contribution is 0.0645. The minimum atomic E-state index is -0.184. The zero-order valence-electron chi connectivity index (χ0n) is 20.4. The van der Waals surface area contributed by atoms with Crippen molar-refractivity contribution in [2.24, 2.45) is 4.99 Å². The molecule has 0 radical (unpaired) electrons. The van der Waals surface area contributed by atoms with E-state index in [9.17, 15) is 4.79 Å². The first-order valence-electron chi connectivity index (χ1n) is 11.2. The molecule has 2 rings (SSSR count). The zero-order valence-corrected chi connectivity index (χ0v) is 21.1. The standard InChI is InChI=1S/C26H34ClN3O3/c1-8-18(4)29-21(7)33-20(6)25-17(3)11-10-12-23(25)26(31)30(9-2)19(5)16-32-24-14-13-22(27)15-28-24/h10-15,18-19H,6,8-9,16H2,1-5,7H3/t18-,19+/m1/s1. The van der Waals surface area contributed by atoms with Gasteiger partial charge in [-0.05, 0) is 51.8 Å². The summed E-state index contributed by atoms with van der Waals surface area (Å²) in [7, 11) is 0. The maximum atomic E-state index is 13.6. The lowest BCUT2D eigenvalue weighted by atomic mass is 9.99. The summed E-state index contributed by atoms with van der Waals surface area (Å²) in [5.41, 5.74) is 2.13. The average Bonchev–Trinajstić information content (AvgIpc) is 2.78. The molecule has 2 atom stereocenters. The largest absolute Gasteiger partial charge is 0.475 e. The first-order valence-corrected chi connectivity index (χ1v) is 11.6. The molecule has 0 aliphatic carbocycles. The Bertz CT molecular complexity index is 989. The molecule has 0 fully saturated rings. The number of aromatic nitrogens is 1. The zero-order chi connectivity index (χ0) is 24.5. The van der Waals surface area contributed by atoms with Crippen molar-refractivity contribution in [2.75, 3.05) is 13.2 Å². The normalized spacial score (nSPS) is 13.2. The molecular weight excluding hydrogens is 438 g/mol. The van der Waals surface area contributed by atoms with Crippen molar-refractivity contribution in [3.63, 3.8) is 0 Å². The number of hydrogen-bond acceptors (Lipinski definition) is 5. The van der Waals surface area contributed by atoms with Gasteiger partial charge in [-0.1, -0.05) is 37.2 Å². The van der Waals surface area contributed by atoms with E-state index in [1.165, 1.54) is 6.20 Å². The van der Waals surface area contributed by atoms with Crippen LogP contribution in [-0.4, -0.2) is 46.9 Å². The molecule has 1 aromatic carbocycles. The predicted octanol–water partition coefficient (Wildman–Crippen LogP) is 6.18. The summed E-state index contributed by atoms with van der Waals surface area (Å²) in [4.78, 5) is 24.0. The second-order valence-electron chi connectivity index (χ2n) is 7.99. The second kappa shape index (κ2) is 12.4. The Labute approximate surface area is 202 Å². The number of carbonyl (C=O) groups is 1. The SMILES string of the molecule is C=C(OC(C)=N[C@H](C)CC)c1c(C)cccc1C(=O)N(CC)[C@@H](C)COc1ccc(Cl)cn1. The molecule has 7 heteroatoms. The summed E-state index contributed by atoms with van der Waals surface area (Å²) in [5.74, 6) is 1.29. The molecule has 0 unspecified atom stereocenters. The van der Waals surface area contributed by atoms with Crippen LogP contribution in [0.1, 0.15) is 62.5 Å². The molecule has 0 saturated carbocycles. The van der Waals surface area contributed by atoms with Crippen LogP contribution in [0.3, 0.4) is 0 Å². The summed E-state index contributed by atoms with van der Waals surface area (Å²) in [6, 6.07) is 9.00. The summed E-state index contributed by atoms with van der Waals surface area (Å²) < 4.78 is 11.7. The van der Waals surface area contributed by atoms with Crippen molar-refractivity contribution in [1.82, 2.24) is 9.88 Å². The molecule has 0 aliphatic heterocycles. The van der Waals surface area contributed by atoms with Gasteiger partial charge in [-0.25, -0.2) is 4.98 Å². The highest BCUT2D eigenvalue weighted by Gasteiger charge is 2.25. The molecular formula is C26H34ClN3O3. The maximum absolute atomic E-state index is 13.6. The smallest absolute Gasteiger partial charge is 0.254 e. The van der Waals surface area contributed by atoms with Gasteiger partial charge in [-0.15, -0.1) is 0 Å². The fourth-order valence-corrected chi connectivity index (χ4v) is 3.54. The van der Waals surface area contributed by atoms with E-state index in [0.29, 0.717) is 46.8 Å². The molecule has 1 aromatic heterocycles. The Morgan fingerprint density at radius 1 is 1.24 bits per heavy atom. The fourth-order valence-electron chi connectivity index (χ4n) is 3.43. The van der Waals surface area contributed by atoms with Crippen molar-refractivity contribution in [1.29, 1.82) is 0 Å². The number of benzene rings is 1. The van der Waals surface area contributed by atoms with Gasteiger partial charge in [0.15, 0.2) is 5.90 Å². The Hall–Kier alpha value is -2.86. The summed E-state index contributed by atoms with van der Waals surface area (Å²) in [5, 5.41) is 0.541. The van der Waals surface area contributed by atoms with Crippen LogP contribution in [0.25, 0.3) is 5.76 Å². The van der Waals surface area contributed by atoms with Gasteiger partial charge in [0.2, 0.25) is 5.88 Å². The monoisotopic (exact) mass is 471 g/mol. The molecule has 0 spiro atoms. The van der Waals surface area contributed by atoms with E-state index in [2.05, 4.69) is 23.5 Å². The summed E-state index contributed by atoms with van der Waals surface area (Å²) in [6.45, 7) is 16.7. The van der Waals surface area contributed by atoms with Crippen LogP contribution in [0.5, 0.6) is 5.88 Å². The van der Waals surface area contributed by atoms with Gasteiger partial charge >= 0.3 is 0 Å². The molecule has 0 saturated heterocycles. The van der Waals surface area contributed by atoms with E-state index >= 15 is 0 Å². The van der Waals surface area contributed by atoms with Crippen molar-refractivity contribution in [3.8, 4) is 5.88 Å². The van der Waals surface area contributed by atoms with Gasteiger partial charge < -0.3 is 14.4 Å². The summed E-state index contributed by atoms with van der Waals surface area (Å²) in [6.07, 6.45) is 2.44. The lowest BCUT2D eigenvalue weighted by Crippen LogP contribution is -2.42. The number of pyridine rings is 1. The maximum Gasteiger partial charge on any atom is 0.254 e. The third-order valence-electron chi connectivity index (χ3n) is 5.35. The van der Waals surface area contributed by atoms with Gasteiger partial charge in [0.1, 0.15) is 12.4 Å². The Morgan fingerprint density at radius 2 is 1.97 bits per heavy atom. The highest BCUT2D eigenvalue weighted by atomic mass is 35.5. The number of aryl methyl sites for hydroxylation is 1. The first kappa shape index (κ1) is 26.4. The molecule has 1 heterocycles. The number of rotatable bonds is 10. The van der Waals surface area contributed by atoms with Crippen LogP contribution in [0, 0.1) is 6.92 Å². The number of likely N-dealkylation sites (N-methyl/N-ethyl adjacent to an activating group) is 1. The first-order chi connectivity index (χ1) is 15.7. The summed E-state index contributed by atoms with van der Waals surface area (Å²) >= 11 is 5.88. The van der Waals surface area contributed by atoms with Gasteiger partial charge in [0, 0.05) is 31.3 Å². The molecule has 33 heavy (non-hydrogen) atoms. The van der Waals surface area contributed by atoms with Gasteiger partial charge in [0.25, 0.3) is 5.91 Å². The number of hydrogen-bond donors (Lipinski definition) is 0. The minimum absolute atomic E-state index is 0.113. The second-order valence-corrected chi connectivity index (χ2v) is 8.43. The van der Waals surface area contributed by atoms with Crippen molar-refractivity contribution < 1.29 is 14.3 Å². The van der Waals surface area contributed by atoms with Gasteiger partial charge in [-0.3, -0.25) is 9.79 Å². The van der Waals surface area contributed by atoms with E-state index in [1.54, 1.807) is 30.0 Å². The predicted molar refractivity (Wildman–Crippen MR) is 135 cm³/mol. The molecule has 0 bridgehead atoms. The Morgan fingerprint density at radius 3 is 2.58 bits per heavy atom. The molecule has 0 N–H and O–H groups in total. The van der Waals surface area contributed by atoms with Crippen LogP contribution >= 0.6 is 11.6 Å². The molecule has 0 aliphatic rings. The fraction of sp³-hybridized carbons (Fsp3) is 0.423. The highest BCUT2D eigenvalue weighted by molar-refractivity contribution is 6.30. The molecule has 178 valence electrons. The number of amides is 1. The highest BCUT2D eigenvalue weighted by Crippen LogP contribution is 2.26. The topological polar surface area (TPSA) is 64.0 Å². The van der Waals surface area contributed by atoms with E-state index in [0.717, 1.165) is 12.0 Å². The molecule has 2 aromatic rings. The van der Waals surface area contributed by atoms with Crippen LogP contribution < -0.4 is 4.74 Å². The number of ether oxygens (including phenoxy) is 2. The van der Waals surface area contributed by atoms with E-state index in [1.807, 2.05) is 39.8 Å². The van der Waals surface area contributed by atoms with Gasteiger partial charge in [0.05, 0.1) is 22.7 Å². The average molecular weight is 472 g/mol. The van der Waals surface area contributed by atoms with Crippen LogP contribution in [0.4, 0.5) is 0 Å². The van der Waals surface area contributed by atoms with Crippen molar-refractivity contribution in [2.45, 2.75) is 60.0 Å². The number of nitrogens with zero attached hydrogens (tertiary/aromatic N) is 3. The molecule has 6 nitrogen and oxygen atoms in total. The Balaban J connectivity index is 2.22. The number of aliphatic imine (C=N–C) groups is 1. The van der Waals surface area contributed by atoms with E-state index in [-0.39, 0.29) is 18.0 Å². The van der Waals surface area contributed by atoms with E-state index < -0.39 is 0 Å². The van der Waals surface area contributed by atoms with Crippen LogP contribution in [0.2, 0.25) is 5.02 Å². The quantitative estimate of drug-likeness (QED) is 0.236. The number of carbonyl (C=O) groups excluding carboxylic acids is 1. The van der Waals surface area contributed by atoms with Gasteiger partial charge in [-0.2, -0.15) is 0 Å². The van der Waals surface area contributed by atoms with Crippen LogP contribution in [0.15, 0.2) is 48.1 Å². The number of halogens is 1. The lowest BCUT2D eigenvalue weighted by Gasteiger charge is -2.29. The third kappa shape index (κ3) is 7.32. The Kier molecular flexibility index (Phi) is 9.92. The van der Waals surface area contributed by atoms with E-state index in [4.69, 9.17) is 21.1 Å². The van der Waals surface area contributed by atoms with Crippen molar-refractivity contribution in [3.05, 3.63) is 64.8 Å². The molecule has 1 amide bonds. The minimum Gasteiger partial charge on any atom is -0.475 e.